The first-order chi connectivity index (χ1) is 8.13. The van der Waals surface area contributed by atoms with Gasteiger partial charge in [0.15, 0.2) is 0 Å². The summed E-state index contributed by atoms with van der Waals surface area (Å²) >= 11 is 0. The molecule has 0 unspecified atom stereocenters. The normalized spacial score (nSPS) is 11.1. The second-order valence-corrected chi connectivity index (χ2v) is 4.20. The molecule has 0 bridgehead atoms. The third-order valence-corrected chi connectivity index (χ3v) is 2.58. The van der Waals surface area contributed by atoms with E-state index >= 15 is 0 Å². The molecule has 0 aliphatic carbocycles. The molecule has 0 fully saturated rings. The van der Waals surface area contributed by atoms with Crippen LogP contribution in [0.15, 0.2) is 24.4 Å². The van der Waals surface area contributed by atoms with Crippen LogP contribution in [0.4, 0.5) is 0 Å². The van der Waals surface area contributed by atoms with Crippen molar-refractivity contribution in [2.45, 2.75) is 26.7 Å². The number of aromatic nitrogens is 2. The first kappa shape index (κ1) is 11.6. The average molecular weight is 232 g/mol. The van der Waals surface area contributed by atoms with Gasteiger partial charge in [-0.25, -0.2) is 9.31 Å². The quantitative estimate of drug-likeness (QED) is 0.764. The Labute approximate surface area is 100 Å². The molecule has 0 saturated heterocycles. The molecule has 0 aliphatic rings. The van der Waals surface area contributed by atoms with Crippen molar-refractivity contribution in [2.24, 2.45) is 0 Å². The highest BCUT2D eigenvalue weighted by Crippen LogP contribution is 2.19. The molecule has 0 saturated carbocycles. The van der Waals surface area contributed by atoms with Gasteiger partial charge < -0.3 is 4.74 Å². The standard InChI is InChI=1S/C13H16N2O2/c1-4-17-13(16)11-8-10-6-5-7-15(10)14-12(11)9(2)3/h5-9H,4H2,1-3H3. The van der Waals surface area contributed by atoms with Gasteiger partial charge in [0.05, 0.1) is 23.4 Å². The number of esters is 1. The minimum absolute atomic E-state index is 0.182. The number of fused-ring (bicyclic) bond motifs is 1. The molecule has 2 heterocycles. The number of hydrogen-bond acceptors (Lipinski definition) is 3. The summed E-state index contributed by atoms with van der Waals surface area (Å²) in [4.78, 5) is 11.9. The smallest absolute Gasteiger partial charge is 0.340 e. The van der Waals surface area contributed by atoms with Gasteiger partial charge in [0.1, 0.15) is 0 Å². The molecule has 0 atom stereocenters. The fourth-order valence-corrected chi connectivity index (χ4v) is 1.78. The lowest BCUT2D eigenvalue weighted by Crippen LogP contribution is -2.12. The van der Waals surface area contributed by atoms with Gasteiger partial charge in [-0.1, -0.05) is 13.8 Å². The molecular weight excluding hydrogens is 216 g/mol. The number of hydrogen-bond donors (Lipinski definition) is 0. The maximum atomic E-state index is 11.9. The largest absolute Gasteiger partial charge is 0.462 e. The van der Waals surface area contributed by atoms with Crippen LogP contribution in [0.2, 0.25) is 0 Å². The summed E-state index contributed by atoms with van der Waals surface area (Å²) in [6, 6.07) is 5.65. The number of nitrogens with zero attached hydrogens (tertiary/aromatic N) is 2. The maximum absolute atomic E-state index is 11.9. The highest BCUT2D eigenvalue weighted by molar-refractivity contribution is 5.92. The molecule has 0 radical (unpaired) electrons. The van der Waals surface area contributed by atoms with E-state index < -0.39 is 0 Å². The third-order valence-electron chi connectivity index (χ3n) is 2.58. The van der Waals surface area contributed by atoms with Crippen LogP contribution in [0.3, 0.4) is 0 Å². The number of ether oxygens (including phenoxy) is 1. The van der Waals surface area contributed by atoms with Crippen LogP contribution in [0.25, 0.3) is 5.52 Å². The Morgan fingerprint density at radius 2 is 2.29 bits per heavy atom. The Morgan fingerprint density at radius 1 is 1.53 bits per heavy atom. The molecule has 4 heteroatoms. The fourth-order valence-electron chi connectivity index (χ4n) is 1.78. The lowest BCUT2D eigenvalue weighted by molar-refractivity contribution is 0.0524. The molecule has 4 nitrogen and oxygen atoms in total. The molecule has 0 N–H and O–H groups in total. The summed E-state index contributed by atoms with van der Waals surface area (Å²) in [7, 11) is 0. The minimum atomic E-state index is -0.299. The van der Waals surface area contributed by atoms with Crippen LogP contribution < -0.4 is 0 Å². The predicted molar refractivity (Wildman–Crippen MR) is 65.2 cm³/mol. The topological polar surface area (TPSA) is 43.6 Å². The van der Waals surface area contributed by atoms with E-state index in [2.05, 4.69) is 5.10 Å². The SMILES string of the molecule is CCOC(=O)c1cc2cccn2nc1C(C)C. The van der Waals surface area contributed by atoms with Gasteiger partial charge in [-0.15, -0.1) is 0 Å². The summed E-state index contributed by atoms with van der Waals surface area (Å²) in [5.41, 5.74) is 2.23. The van der Waals surface area contributed by atoms with Crippen LogP contribution in [-0.2, 0) is 4.74 Å². The Balaban J connectivity index is 2.57. The summed E-state index contributed by atoms with van der Waals surface area (Å²) in [5.74, 6) is -0.117. The second-order valence-electron chi connectivity index (χ2n) is 4.20. The zero-order chi connectivity index (χ0) is 12.4. The molecule has 90 valence electrons. The third kappa shape index (κ3) is 2.16. The number of carbonyl (C=O) groups excluding carboxylic acids is 1. The van der Waals surface area contributed by atoms with Crippen molar-refractivity contribution in [3.63, 3.8) is 0 Å². The summed E-state index contributed by atoms with van der Waals surface area (Å²) in [6.07, 6.45) is 1.87. The van der Waals surface area contributed by atoms with Gasteiger partial charge >= 0.3 is 5.97 Å². The molecule has 2 aromatic rings. The predicted octanol–water partition coefficient (Wildman–Crippen LogP) is 2.63. The highest BCUT2D eigenvalue weighted by Gasteiger charge is 2.17. The zero-order valence-corrected chi connectivity index (χ0v) is 10.3. The van der Waals surface area contributed by atoms with Crippen molar-refractivity contribution in [3.05, 3.63) is 35.7 Å². The monoisotopic (exact) mass is 232 g/mol. The van der Waals surface area contributed by atoms with Gasteiger partial charge in [-0.2, -0.15) is 5.10 Å². The summed E-state index contributed by atoms with van der Waals surface area (Å²) in [5, 5.41) is 4.45. The maximum Gasteiger partial charge on any atom is 0.340 e. The lowest BCUT2D eigenvalue weighted by Gasteiger charge is -2.11. The van der Waals surface area contributed by atoms with Gasteiger partial charge in [0.25, 0.3) is 0 Å². The van der Waals surface area contributed by atoms with E-state index in [1.54, 1.807) is 11.4 Å². The van der Waals surface area contributed by atoms with E-state index in [-0.39, 0.29) is 11.9 Å². The molecule has 0 aromatic carbocycles. The molecular formula is C13H16N2O2. The summed E-state index contributed by atoms with van der Waals surface area (Å²) < 4.78 is 6.83. The van der Waals surface area contributed by atoms with Crippen molar-refractivity contribution in [3.8, 4) is 0 Å². The average Bonchev–Trinajstić information content (AvgIpc) is 2.74. The van der Waals surface area contributed by atoms with Crippen molar-refractivity contribution < 1.29 is 9.53 Å². The van der Waals surface area contributed by atoms with Gasteiger partial charge in [0, 0.05) is 6.20 Å². The summed E-state index contributed by atoms with van der Waals surface area (Å²) in [6.45, 7) is 6.21. The van der Waals surface area contributed by atoms with E-state index in [9.17, 15) is 4.79 Å². The zero-order valence-electron chi connectivity index (χ0n) is 10.3. The van der Waals surface area contributed by atoms with Crippen LogP contribution in [0.5, 0.6) is 0 Å². The van der Waals surface area contributed by atoms with E-state index in [0.717, 1.165) is 11.2 Å². The Kier molecular flexibility index (Phi) is 3.13. The first-order valence-electron chi connectivity index (χ1n) is 5.79. The molecule has 0 spiro atoms. The lowest BCUT2D eigenvalue weighted by atomic mass is 10.0. The van der Waals surface area contributed by atoms with Crippen LogP contribution in [-0.4, -0.2) is 22.2 Å². The van der Waals surface area contributed by atoms with E-state index in [1.807, 2.05) is 38.2 Å². The Morgan fingerprint density at radius 3 is 2.94 bits per heavy atom. The Hall–Kier alpha value is -1.84. The fraction of sp³-hybridized carbons (Fsp3) is 0.385. The second kappa shape index (κ2) is 4.57. The Bertz CT molecular complexity index is 543. The number of carbonyl (C=O) groups is 1. The van der Waals surface area contributed by atoms with Crippen LogP contribution >= 0.6 is 0 Å². The van der Waals surface area contributed by atoms with Crippen molar-refractivity contribution >= 4 is 11.5 Å². The van der Waals surface area contributed by atoms with Crippen molar-refractivity contribution in [1.82, 2.24) is 9.61 Å². The molecule has 17 heavy (non-hydrogen) atoms. The van der Waals surface area contributed by atoms with Crippen molar-refractivity contribution in [2.75, 3.05) is 6.61 Å². The van der Waals surface area contributed by atoms with E-state index in [1.165, 1.54) is 0 Å². The van der Waals surface area contributed by atoms with E-state index in [4.69, 9.17) is 4.74 Å². The van der Waals surface area contributed by atoms with Crippen molar-refractivity contribution in [1.29, 1.82) is 0 Å². The molecule has 0 aliphatic heterocycles. The van der Waals surface area contributed by atoms with E-state index in [0.29, 0.717) is 12.2 Å². The minimum Gasteiger partial charge on any atom is -0.462 e. The molecule has 2 aromatic heterocycles. The number of rotatable bonds is 3. The van der Waals surface area contributed by atoms with Gasteiger partial charge in [-0.3, -0.25) is 0 Å². The highest BCUT2D eigenvalue weighted by atomic mass is 16.5. The van der Waals surface area contributed by atoms with Crippen LogP contribution in [0.1, 0.15) is 42.7 Å². The van der Waals surface area contributed by atoms with Gasteiger partial charge in [0.2, 0.25) is 0 Å². The van der Waals surface area contributed by atoms with Gasteiger partial charge in [-0.05, 0) is 31.0 Å². The van der Waals surface area contributed by atoms with Crippen LogP contribution in [0, 0.1) is 0 Å². The molecule has 2 rings (SSSR count). The first-order valence-corrected chi connectivity index (χ1v) is 5.79. The molecule has 0 amide bonds.